The van der Waals surface area contributed by atoms with Gasteiger partial charge in [-0.15, -0.1) is 0 Å². The summed E-state index contributed by atoms with van der Waals surface area (Å²) in [6.45, 7) is -3.01. The van der Waals surface area contributed by atoms with Gasteiger partial charge in [-0.25, -0.2) is 4.98 Å². The number of ether oxygens (including phenoxy) is 3. The number of nitrogens with zero attached hydrogens (tertiary/aromatic N) is 2. The van der Waals surface area contributed by atoms with Gasteiger partial charge in [0.15, 0.2) is 11.5 Å². The molecule has 1 aromatic carbocycles. The predicted molar refractivity (Wildman–Crippen MR) is 87.8 cm³/mol. The summed E-state index contributed by atoms with van der Waals surface area (Å²) in [6.07, 6.45) is 6.00. The van der Waals surface area contributed by atoms with Crippen LogP contribution in [0.1, 0.15) is 16.1 Å². The molecule has 0 spiro atoms. The number of benzene rings is 1. The molecule has 132 valence electrons. The third-order valence-corrected chi connectivity index (χ3v) is 3.75. The first-order valence-corrected chi connectivity index (χ1v) is 7.65. The molecule has 0 unspecified atom stereocenters. The van der Waals surface area contributed by atoms with Crippen LogP contribution in [0.3, 0.4) is 0 Å². The Bertz CT molecular complexity index is 981. The topological polar surface area (TPSA) is 62.1 Å². The van der Waals surface area contributed by atoms with Crippen LogP contribution in [0.15, 0.2) is 48.8 Å². The van der Waals surface area contributed by atoms with E-state index in [0.29, 0.717) is 17.1 Å². The highest BCUT2D eigenvalue weighted by Crippen LogP contribution is 2.39. The molecule has 0 fully saturated rings. The maximum absolute atomic E-state index is 12.6. The molecule has 0 radical (unpaired) electrons. The van der Waals surface area contributed by atoms with Crippen LogP contribution in [0.4, 0.5) is 8.78 Å². The average molecular weight is 358 g/mol. The molecule has 0 saturated heterocycles. The number of carbonyl (C=O) groups is 1. The van der Waals surface area contributed by atoms with Crippen LogP contribution in [-0.2, 0) is 0 Å². The quantitative estimate of drug-likeness (QED) is 0.516. The van der Waals surface area contributed by atoms with E-state index < -0.39 is 6.61 Å². The lowest BCUT2D eigenvalue weighted by Gasteiger charge is -2.09. The van der Waals surface area contributed by atoms with Crippen molar-refractivity contribution in [2.75, 3.05) is 6.79 Å². The fourth-order valence-electron chi connectivity index (χ4n) is 2.57. The fraction of sp³-hybridized carbons (Fsp3) is 0.111. The molecule has 4 rings (SSSR count). The van der Waals surface area contributed by atoms with E-state index in [-0.39, 0.29) is 29.6 Å². The third kappa shape index (κ3) is 3.08. The standard InChI is InChI=1S/C18H12F2N2O4/c19-18(20)26-14-8-16-15(24-10-25-16)7-11(14)4-5-13(23)12-9-22-6-2-1-3-17(22)21-12/h1-9,18H,10H2/b5-4+. The van der Waals surface area contributed by atoms with Gasteiger partial charge in [-0.2, -0.15) is 8.78 Å². The van der Waals surface area contributed by atoms with Gasteiger partial charge in [0.05, 0.1) is 0 Å². The Labute approximate surface area is 146 Å². The molecule has 6 nitrogen and oxygen atoms in total. The van der Waals surface area contributed by atoms with Gasteiger partial charge in [-0.1, -0.05) is 6.07 Å². The molecule has 0 aliphatic carbocycles. The molecule has 0 N–H and O–H groups in total. The van der Waals surface area contributed by atoms with Gasteiger partial charge in [0, 0.05) is 24.0 Å². The van der Waals surface area contributed by atoms with E-state index in [2.05, 4.69) is 9.72 Å². The predicted octanol–water partition coefficient (Wildman–Crippen LogP) is 3.56. The smallest absolute Gasteiger partial charge is 0.387 e. The number of allylic oxidation sites excluding steroid dienone is 1. The molecule has 1 aliphatic rings. The Balaban J connectivity index is 1.63. The number of aromatic nitrogens is 2. The van der Waals surface area contributed by atoms with E-state index in [1.807, 2.05) is 12.1 Å². The van der Waals surface area contributed by atoms with Gasteiger partial charge < -0.3 is 18.6 Å². The molecule has 3 aromatic rings. The third-order valence-electron chi connectivity index (χ3n) is 3.75. The van der Waals surface area contributed by atoms with Crippen LogP contribution in [0.2, 0.25) is 0 Å². The molecular weight excluding hydrogens is 346 g/mol. The summed E-state index contributed by atoms with van der Waals surface area (Å²) >= 11 is 0. The highest BCUT2D eigenvalue weighted by molar-refractivity contribution is 6.06. The molecule has 8 heteroatoms. The van der Waals surface area contributed by atoms with Crippen molar-refractivity contribution in [2.45, 2.75) is 6.61 Å². The van der Waals surface area contributed by atoms with Crippen molar-refractivity contribution in [3.05, 3.63) is 60.1 Å². The zero-order valence-corrected chi connectivity index (χ0v) is 13.3. The van der Waals surface area contributed by atoms with Crippen molar-refractivity contribution in [3.63, 3.8) is 0 Å². The molecule has 2 aromatic heterocycles. The van der Waals surface area contributed by atoms with Crippen molar-refractivity contribution in [1.29, 1.82) is 0 Å². The second-order valence-electron chi connectivity index (χ2n) is 5.41. The van der Waals surface area contributed by atoms with Crippen LogP contribution in [0, 0.1) is 0 Å². The summed E-state index contributed by atoms with van der Waals surface area (Å²) in [5.74, 6) is 0.230. The lowest BCUT2D eigenvalue weighted by Crippen LogP contribution is -2.03. The summed E-state index contributed by atoms with van der Waals surface area (Å²) in [5.41, 5.74) is 1.14. The number of carbonyl (C=O) groups excluding carboxylic acids is 1. The average Bonchev–Trinajstić information content (AvgIpc) is 3.24. The highest BCUT2D eigenvalue weighted by Gasteiger charge is 2.19. The first-order valence-electron chi connectivity index (χ1n) is 7.65. The molecule has 26 heavy (non-hydrogen) atoms. The number of alkyl halides is 2. The number of hydrogen-bond acceptors (Lipinski definition) is 5. The van der Waals surface area contributed by atoms with E-state index in [1.54, 1.807) is 22.9 Å². The number of halogens is 2. The van der Waals surface area contributed by atoms with Gasteiger partial charge in [0.25, 0.3) is 0 Å². The first-order chi connectivity index (χ1) is 12.6. The number of rotatable bonds is 5. The lowest BCUT2D eigenvalue weighted by atomic mass is 10.1. The Morgan fingerprint density at radius 2 is 2.08 bits per heavy atom. The number of pyridine rings is 1. The first kappa shape index (κ1) is 16.1. The second kappa shape index (κ2) is 6.47. The highest BCUT2D eigenvalue weighted by atomic mass is 19.3. The second-order valence-corrected chi connectivity index (χ2v) is 5.41. The van der Waals surface area contributed by atoms with Crippen molar-refractivity contribution < 1.29 is 27.8 Å². The monoisotopic (exact) mass is 358 g/mol. The van der Waals surface area contributed by atoms with E-state index in [1.165, 1.54) is 24.3 Å². The maximum atomic E-state index is 12.6. The van der Waals surface area contributed by atoms with Crippen molar-refractivity contribution in [3.8, 4) is 17.2 Å². The summed E-state index contributed by atoms with van der Waals surface area (Å²) in [7, 11) is 0. The Morgan fingerprint density at radius 1 is 1.27 bits per heavy atom. The van der Waals surface area contributed by atoms with Crippen LogP contribution in [-0.4, -0.2) is 28.6 Å². The van der Waals surface area contributed by atoms with Crippen molar-refractivity contribution in [2.24, 2.45) is 0 Å². The number of imidazole rings is 1. The van der Waals surface area contributed by atoms with Crippen molar-refractivity contribution >= 4 is 17.5 Å². The molecule has 1 aliphatic heterocycles. The van der Waals surface area contributed by atoms with Gasteiger partial charge in [0.2, 0.25) is 12.6 Å². The summed E-state index contributed by atoms with van der Waals surface area (Å²) in [5, 5.41) is 0. The Kier molecular flexibility index (Phi) is 4.00. The summed E-state index contributed by atoms with van der Waals surface area (Å²) in [6, 6.07) is 8.19. The zero-order chi connectivity index (χ0) is 18.1. The van der Waals surface area contributed by atoms with E-state index in [9.17, 15) is 13.6 Å². The van der Waals surface area contributed by atoms with Crippen LogP contribution >= 0.6 is 0 Å². The molecule has 0 atom stereocenters. The lowest BCUT2D eigenvalue weighted by molar-refractivity contribution is -0.0500. The fourth-order valence-corrected chi connectivity index (χ4v) is 2.57. The van der Waals surface area contributed by atoms with Gasteiger partial charge >= 0.3 is 6.61 Å². The number of ketones is 1. The van der Waals surface area contributed by atoms with E-state index in [0.717, 1.165) is 0 Å². The van der Waals surface area contributed by atoms with Gasteiger partial charge in [-0.05, 0) is 30.4 Å². The van der Waals surface area contributed by atoms with E-state index in [4.69, 9.17) is 9.47 Å². The summed E-state index contributed by atoms with van der Waals surface area (Å²) < 4.78 is 41.9. The Morgan fingerprint density at radius 3 is 2.85 bits per heavy atom. The SMILES string of the molecule is O=C(/C=C/c1cc2c(cc1OC(F)F)OCO2)c1cn2ccccc2n1. The minimum absolute atomic E-state index is 0.00318. The Hall–Kier alpha value is -3.42. The number of hydrogen-bond donors (Lipinski definition) is 0. The van der Waals surface area contributed by atoms with Crippen LogP contribution in [0.25, 0.3) is 11.7 Å². The molecule has 0 bridgehead atoms. The minimum atomic E-state index is -3.00. The molecular formula is C18H12F2N2O4. The van der Waals surface area contributed by atoms with Crippen molar-refractivity contribution in [1.82, 2.24) is 9.38 Å². The zero-order valence-electron chi connectivity index (χ0n) is 13.3. The number of fused-ring (bicyclic) bond motifs is 2. The summed E-state index contributed by atoms with van der Waals surface area (Å²) in [4.78, 5) is 16.6. The van der Waals surface area contributed by atoms with Crippen LogP contribution < -0.4 is 14.2 Å². The van der Waals surface area contributed by atoms with E-state index >= 15 is 0 Å². The molecule has 0 saturated carbocycles. The minimum Gasteiger partial charge on any atom is -0.454 e. The van der Waals surface area contributed by atoms with Gasteiger partial charge in [0.1, 0.15) is 17.1 Å². The van der Waals surface area contributed by atoms with Crippen LogP contribution in [0.5, 0.6) is 17.2 Å². The molecule has 0 amide bonds. The van der Waals surface area contributed by atoms with Gasteiger partial charge in [-0.3, -0.25) is 4.79 Å². The molecule has 3 heterocycles. The maximum Gasteiger partial charge on any atom is 0.387 e. The normalized spacial score (nSPS) is 13.0. The largest absolute Gasteiger partial charge is 0.454 e.